The Kier molecular flexibility index (Phi) is 4.20. The number of urea groups is 1. The highest BCUT2D eigenvalue weighted by Crippen LogP contribution is 2.33. The Balaban J connectivity index is 1.78. The molecule has 0 aliphatic heterocycles. The second-order valence-electron chi connectivity index (χ2n) is 4.57. The molecule has 1 aromatic heterocycles. The van der Waals surface area contributed by atoms with Crippen molar-refractivity contribution in [1.29, 1.82) is 0 Å². The fourth-order valence-corrected chi connectivity index (χ4v) is 2.28. The minimum atomic E-state index is -1.02. The fraction of sp³-hybridized carbons (Fsp3) is 0.545. The van der Waals surface area contributed by atoms with Crippen LogP contribution in [0.1, 0.15) is 25.0 Å². The first kappa shape index (κ1) is 13.6. The molecule has 1 heterocycles. The van der Waals surface area contributed by atoms with Crippen LogP contribution in [0.3, 0.4) is 0 Å². The Hall–Kier alpha value is -1.83. The van der Waals surface area contributed by atoms with Gasteiger partial charge in [0.1, 0.15) is 6.04 Å². The van der Waals surface area contributed by atoms with E-state index in [1.54, 1.807) is 5.38 Å². The summed E-state index contributed by atoms with van der Waals surface area (Å²) in [6.07, 6.45) is 2.53. The van der Waals surface area contributed by atoms with Crippen molar-refractivity contribution in [3.05, 3.63) is 20.7 Å². The van der Waals surface area contributed by atoms with Gasteiger partial charge in [0.05, 0.1) is 6.54 Å². The summed E-state index contributed by atoms with van der Waals surface area (Å²) in [7, 11) is 0. The van der Waals surface area contributed by atoms with E-state index in [1.807, 2.05) is 0 Å². The third-order valence-electron chi connectivity index (χ3n) is 2.88. The molecule has 0 saturated heterocycles. The lowest BCUT2D eigenvalue weighted by Gasteiger charge is -2.14. The summed E-state index contributed by atoms with van der Waals surface area (Å²) in [5.41, 5.74) is 0.596. The molecule has 1 unspecified atom stereocenters. The Bertz CT molecular complexity index is 520. The van der Waals surface area contributed by atoms with Gasteiger partial charge in [0.25, 0.3) is 0 Å². The molecule has 1 aliphatic carbocycles. The van der Waals surface area contributed by atoms with Crippen molar-refractivity contribution in [2.75, 3.05) is 0 Å². The highest BCUT2D eigenvalue weighted by atomic mass is 32.1. The average molecular weight is 285 g/mol. The first-order valence-corrected chi connectivity index (χ1v) is 6.86. The highest BCUT2D eigenvalue weighted by Gasteiger charge is 2.30. The zero-order valence-corrected chi connectivity index (χ0v) is 11.0. The van der Waals surface area contributed by atoms with Crippen molar-refractivity contribution in [1.82, 2.24) is 15.6 Å². The fourth-order valence-electron chi connectivity index (χ4n) is 1.69. The molecule has 2 amide bonds. The van der Waals surface area contributed by atoms with Crippen LogP contribution in [-0.2, 0) is 11.3 Å². The third kappa shape index (κ3) is 4.40. The van der Waals surface area contributed by atoms with Crippen molar-refractivity contribution in [3.8, 4) is 0 Å². The number of thiazole rings is 1. The first-order chi connectivity index (χ1) is 9.04. The maximum absolute atomic E-state index is 11.6. The molecule has 1 fully saturated rings. The maximum atomic E-state index is 11.6. The number of aliphatic carboxylic acids is 1. The van der Waals surface area contributed by atoms with E-state index < -0.39 is 18.0 Å². The molecule has 1 aromatic rings. The van der Waals surface area contributed by atoms with Crippen LogP contribution >= 0.6 is 11.3 Å². The smallest absolute Gasteiger partial charge is 0.326 e. The molecule has 0 bridgehead atoms. The van der Waals surface area contributed by atoms with Gasteiger partial charge < -0.3 is 20.7 Å². The van der Waals surface area contributed by atoms with Gasteiger partial charge in [0, 0.05) is 11.1 Å². The number of hydrogen-bond donors (Lipinski definition) is 4. The van der Waals surface area contributed by atoms with E-state index in [0.29, 0.717) is 18.0 Å². The molecule has 4 N–H and O–H groups in total. The van der Waals surface area contributed by atoms with E-state index >= 15 is 0 Å². The third-order valence-corrected chi connectivity index (χ3v) is 3.60. The van der Waals surface area contributed by atoms with Crippen LogP contribution in [0.25, 0.3) is 0 Å². The Labute approximate surface area is 113 Å². The second kappa shape index (κ2) is 5.87. The van der Waals surface area contributed by atoms with E-state index in [4.69, 9.17) is 5.11 Å². The van der Waals surface area contributed by atoms with Gasteiger partial charge in [-0.15, -0.1) is 0 Å². The van der Waals surface area contributed by atoms with Crippen molar-refractivity contribution >= 4 is 23.3 Å². The Morgan fingerprint density at radius 2 is 2.26 bits per heavy atom. The van der Waals surface area contributed by atoms with Gasteiger partial charge in [0.15, 0.2) is 0 Å². The number of carboxylic acid groups (broad SMARTS) is 1. The predicted molar refractivity (Wildman–Crippen MR) is 69.1 cm³/mol. The van der Waals surface area contributed by atoms with Gasteiger partial charge in [-0.3, -0.25) is 4.79 Å². The Morgan fingerprint density at radius 3 is 2.79 bits per heavy atom. The van der Waals surface area contributed by atoms with Crippen molar-refractivity contribution < 1.29 is 14.7 Å². The zero-order valence-electron chi connectivity index (χ0n) is 10.1. The van der Waals surface area contributed by atoms with E-state index in [9.17, 15) is 14.4 Å². The number of amides is 2. The number of nitrogens with one attached hydrogen (secondary N) is 3. The van der Waals surface area contributed by atoms with E-state index in [2.05, 4.69) is 15.6 Å². The number of H-pyrrole nitrogens is 1. The number of aromatic nitrogens is 1. The standard InChI is InChI=1S/C11H15N3O4S/c15-9(16)8(3-6-1-2-6)14-10(17)12-4-7-5-19-11(18)13-7/h5-6,8H,1-4H2,(H,13,18)(H,15,16)(H2,12,14,17). The number of carbonyl (C=O) groups excluding carboxylic acids is 1. The molecule has 7 nitrogen and oxygen atoms in total. The summed E-state index contributed by atoms with van der Waals surface area (Å²) in [6, 6.07) is -1.39. The van der Waals surface area contributed by atoms with E-state index in [1.165, 1.54) is 0 Å². The lowest BCUT2D eigenvalue weighted by atomic mass is 10.1. The van der Waals surface area contributed by atoms with Gasteiger partial charge in [0.2, 0.25) is 0 Å². The molecule has 1 aliphatic rings. The average Bonchev–Trinajstić information content (AvgIpc) is 3.07. The minimum absolute atomic E-state index is 0.167. The molecule has 104 valence electrons. The number of carbonyl (C=O) groups is 2. The largest absolute Gasteiger partial charge is 0.480 e. The second-order valence-corrected chi connectivity index (χ2v) is 5.41. The van der Waals surface area contributed by atoms with Crippen molar-refractivity contribution in [2.24, 2.45) is 5.92 Å². The normalized spacial score (nSPS) is 15.8. The van der Waals surface area contributed by atoms with Gasteiger partial charge in [-0.05, 0) is 12.3 Å². The first-order valence-electron chi connectivity index (χ1n) is 5.98. The molecule has 8 heteroatoms. The molecule has 19 heavy (non-hydrogen) atoms. The van der Waals surface area contributed by atoms with Crippen LogP contribution in [-0.4, -0.2) is 28.1 Å². The number of carboxylic acids is 1. The van der Waals surface area contributed by atoms with Gasteiger partial charge in [-0.2, -0.15) is 0 Å². The predicted octanol–water partition coefficient (Wildman–Crippen LogP) is 0.489. The van der Waals surface area contributed by atoms with Crippen LogP contribution in [0.15, 0.2) is 10.2 Å². The lowest BCUT2D eigenvalue weighted by Crippen LogP contribution is -2.46. The maximum Gasteiger partial charge on any atom is 0.326 e. The van der Waals surface area contributed by atoms with E-state index in [-0.39, 0.29) is 11.4 Å². The van der Waals surface area contributed by atoms with Crippen LogP contribution in [0.5, 0.6) is 0 Å². The number of hydrogen-bond acceptors (Lipinski definition) is 4. The highest BCUT2D eigenvalue weighted by molar-refractivity contribution is 7.07. The van der Waals surface area contributed by atoms with Crippen LogP contribution in [0.4, 0.5) is 4.79 Å². The summed E-state index contributed by atoms with van der Waals surface area (Å²) < 4.78 is 0. The Morgan fingerprint density at radius 1 is 1.53 bits per heavy atom. The van der Waals surface area contributed by atoms with Crippen LogP contribution < -0.4 is 15.5 Å². The van der Waals surface area contributed by atoms with Crippen molar-refractivity contribution in [3.63, 3.8) is 0 Å². The summed E-state index contributed by atoms with van der Waals surface area (Å²) in [5, 5.41) is 15.6. The summed E-state index contributed by atoms with van der Waals surface area (Å²) >= 11 is 1.01. The van der Waals surface area contributed by atoms with Crippen LogP contribution in [0, 0.1) is 5.92 Å². The van der Waals surface area contributed by atoms with Gasteiger partial charge >= 0.3 is 16.9 Å². The van der Waals surface area contributed by atoms with Gasteiger partial charge in [-0.1, -0.05) is 24.2 Å². The summed E-state index contributed by atoms with van der Waals surface area (Å²) in [4.78, 5) is 35.8. The molecule has 2 rings (SSSR count). The topological polar surface area (TPSA) is 111 Å². The zero-order chi connectivity index (χ0) is 13.8. The van der Waals surface area contributed by atoms with Gasteiger partial charge in [-0.25, -0.2) is 9.59 Å². The molecule has 0 spiro atoms. The molecular formula is C11H15N3O4S. The summed E-state index contributed by atoms with van der Waals surface area (Å²) in [5.74, 6) is -0.611. The molecule has 0 aromatic carbocycles. The molecule has 1 atom stereocenters. The monoisotopic (exact) mass is 285 g/mol. The number of rotatable bonds is 6. The molecule has 1 saturated carbocycles. The SMILES string of the molecule is O=C(NCc1csc(=O)[nH]1)NC(CC1CC1)C(=O)O. The number of aromatic amines is 1. The van der Waals surface area contributed by atoms with Crippen molar-refractivity contribution in [2.45, 2.75) is 31.8 Å². The van der Waals surface area contributed by atoms with Crippen LogP contribution in [0.2, 0.25) is 0 Å². The summed E-state index contributed by atoms with van der Waals surface area (Å²) in [6.45, 7) is 0.167. The lowest BCUT2D eigenvalue weighted by molar-refractivity contribution is -0.139. The molecule has 0 radical (unpaired) electrons. The quantitative estimate of drug-likeness (QED) is 0.609. The van der Waals surface area contributed by atoms with E-state index in [0.717, 1.165) is 24.2 Å². The minimum Gasteiger partial charge on any atom is -0.480 e. The molecular weight excluding hydrogens is 270 g/mol.